The van der Waals surface area contributed by atoms with Crippen LogP contribution in [-0.2, 0) is 6.54 Å². The molecule has 1 amide bonds. The van der Waals surface area contributed by atoms with Gasteiger partial charge >= 0.3 is 0 Å². The number of halogens is 1. The number of benzene rings is 2. The molecule has 1 aromatic heterocycles. The highest BCUT2D eigenvalue weighted by molar-refractivity contribution is 6.31. The molecule has 7 heteroatoms. The highest BCUT2D eigenvalue weighted by Gasteiger charge is 2.26. The highest BCUT2D eigenvalue weighted by Crippen LogP contribution is 2.22. The molecule has 1 fully saturated rings. The Bertz CT molecular complexity index is 1020. The second-order valence-corrected chi connectivity index (χ2v) is 8.14. The lowest BCUT2D eigenvalue weighted by Gasteiger charge is -2.32. The topological polar surface area (TPSA) is 60.2 Å². The molecule has 30 heavy (non-hydrogen) atoms. The second-order valence-electron chi connectivity index (χ2n) is 7.73. The number of amides is 1. The molecule has 2 aromatic carbocycles. The predicted octanol–water partition coefficient (Wildman–Crippen LogP) is 4.22. The van der Waals surface area contributed by atoms with Crippen LogP contribution in [0.3, 0.4) is 0 Å². The summed E-state index contributed by atoms with van der Waals surface area (Å²) in [5.74, 6) is 1.13. The van der Waals surface area contributed by atoms with Crippen LogP contribution in [0.5, 0.6) is 5.75 Å². The number of hydrogen-bond donors (Lipinski definition) is 0. The van der Waals surface area contributed by atoms with Crippen molar-refractivity contribution in [3.8, 4) is 5.75 Å². The maximum atomic E-state index is 12.9. The first-order valence-corrected chi connectivity index (χ1v) is 10.6. The third kappa shape index (κ3) is 4.82. The first kappa shape index (κ1) is 20.4. The van der Waals surface area contributed by atoms with Crippen LogP contribution in [0, 0.1) is 12.8 Å². The van der Waals surface area contributed by atoms with Crippen molar-refractivity contribution in [1.82, 2.24) is 19.9 Å². The van der Waals surface area contributed by atoms with E-state index in [1.165, 1.54) is 0 Å². The Labute approximate surface area is 181 Å². The monoisotopic (exact) mass is 424 g/mol. The number of nitrogens with zero attached hydrogens (tertiary/aromatic N) is 4. The number of ether oxygens (including phenoxy) is 1. The van der Waals surface area contributed by atoms with Crippen molar-refractivity contribution in [3.63, 3.8) is 0 Å². The van der Waals surface area contributed by atoms with Gasteiger partial charge in [-0.1, -0.05) is 53.2 Å². The molecule has 0 saturated carbocycles. The van der Waals surface area contributed by atoms with Gasteiger partial charge in [-0.3, -0.25) is 4.79 Å². The molecule has 3 aromatic rings. The van der Waals surface area contributed by atoms with Crippen LogP contribution in [0.15, 0.2) is 54.7 Å². The van der Waals surface area contributed by atoms with Gasteiger partial charge in [-0.25, -0.2) is 4.68 Å². The number of piperidine rings is 1. The molecule has 156 valence electrons. The summed E-state index contributed by atoms with van der Waals surface area (Å²) < 4.78 is 7.66. The molecule has 1 saturated heterocycles. The molecule has 1 unspecified atom stereocenters. The SMILES string of the molecule is Cc1ccccc1OCC1CCCN(C(=O)c2cn(Cc3ccccc3Cl)nn2)C1. The van der Waals surface area contributed by atoms with Crippen molar-refractivity contribution in [2.24, 2.45) is 5.92 Å². The zero-order chi connectivity index (χ0) is 20.9. The zero-order valence-electron chi connectivity index (χ0n) is 17.0. The summed E-state index contributed by atoms with van der Waals surface area (Å²) in [6, 6.07) is 15.6. The van der Waals surface area contributed by atoms with Crippen LogP contribution >= 0.6 is 11.6 Å². The van der Waals surface area contributed by atoms with Gasteiger partial charge in [-0.05, 0) is 43.0 Å². The van der Waals surface area contributed by atoms with Crippen LogP contribution in [0.2, 0.25) is 5.02 Å². The summed E-state index contributed by atoms with van der Waals surface area (Å²) in [5, 5.41) is 8.88. The van der Waals surface area contributed by atoms with Crippen molar-refractivity contribution in [1.29, 1.82) is 0 Å². The number of aromatic nitrogens is 3. The number of carbonyl (C=O) groups excluding carboxylic acids is 1. The van der Waals surface area contributed by atoms with Gasteiger partial charge < -0.3 is 9.64 Å². The minimum absolute atomic E-state index is 0.0824. The standard InChI is InChI=1S/C23H25ClN4O2/c1-17-7-2-5-11-22(17)30-16-18-8-6-12-27(13-18)23(29)21-15-28(26-25-21)14-19-9-3-4-10-20(19)24/h2-5,7,9-11,15,18H,6,8,12-14,16H2,1H3. The lowest BCUT2D eigenvalue weighted by atomic mass is 9.98. The van der Waals surface area contributed by atoms with Gasteiger partial charge in [0.15, 0.2) is 5.69 Å². The Morgan fingerprint density at radius 3 is 2.83 bits per heavy atom. The maximum absolute atomic E-state index is 12.9. The fourth-order valence-corrected chi connectivity index (χ4v) is 3.94. The fourth-order valence-electron chi connectivity index (χ4n) is 3.75. The Kier molecular flexibility index (Phi) is 6.33. The smallest absolute Gasteiger partial charge is 0.276 e. The highest BCUT2D eigenvalue weighted by atomic mass is 35.5. The minimum Gasteiger partial charge on any atom is -0.493 e. The lowest BCUT2D eigenvalue weighted by molar-refractivity contribution is 0.0627. The van der Waals surface area contributed by atoms with E-state index in [1.807, 2.05) is 60.4 Å². The molecule has 6 nitrogen and oxygen atoms in total. The first-order valence-electron chi connectivity index (χ1n) is 10.2. The molecular weight excluding hydrogens is 400 g/mol. The molecule has 0 bridgehead atoms. The minimum atomic E-state index is -0.0824. The Morgan fingerprint density at radius 2 is 2.00 bits per heavy atom. The fraction of sp³-hybridized carbons (Fsp3) is 0.348. The summed E-state index contributed by atoms with van der Waals surface area (Å²) in [6.07, 6.45) is 3.70. The van der Waals surface area contributed by atoms with E-state index in [0.717, 1.165) is 36.3 Å². The van der Waals surface area contributed by atoms with Crippen LogP contribution in [-0.4, -0.2) is 45.5 Å². The van der Waals surface area contributed by atoms with Gasteiger partial charge in [0.2, 0.25) is 0 Å². The van der Waals surface area contributed by atoms with Gasteiger partial charge in [-0.2, -0.15) is 0 Å². The van der Waals surface area contributed by atoms with Crippen LogP contribution in [0.4, 0.5) is 0 Å². The van der Waals surface area contributed by atoms with E-state index in [9.17, 15) is 4.79 Å². The number of rotatable bonds is 6. The number of para-hydroxylation sites is 1. The van der Waals surface area contributed by atoms with Crippen molar-refractivity contribution < 1.29 is 9.53 Å². The lowest BCUT2D eigenvalue weighted by Crippen LogP contribution is -2.41. The largest absolute Gasteiger partial charge is 0.493 e. The Hall–Kier alpha value is -2.86. The number of carbonyl (C=O) groups is 1. The molecule has 2 heterocycles. The third-order valence-electron chi connectivity index (χ3n) is 5.42. The average molecular weight is 425 g/mol. The predicted molar refractivity (Wildman–Crippen MR) is 116 cm³/mol. The van der Waals surface area contributed by atoms with E-state index in [4.69, 9.17) is 16.3 Å². The number of likely N-dealkylation sites (tertiary alicyclic amines) is 1. The van der Waals surface area contributed by atoms with Crippen LogP contribution < -0.4 is 4.74 Å². The zero-order valence-corrected chi connectivity index (χ0v) is 17.8. The maximum Gasteiger partial charge on any atom is 0.276 e. The van der Waals surface area contributed by atoms with E-state index in [1.54, 1.807) is 10.9 Å². The first-order chi connectivity index (χ1) is 14.6. The summed E-state index contributed by atoms with van der Waals surface area (Å²) in [5.41, 5.74) is 2.42. The molecule has 4 rings (SSSR count). The van der Waals surface area contributed by atoms with E-state index in [0.29, 0.717) is 36.3 Å². The third-order valence-corrected chi connectivity index (χ3v) is 5.79. The van der Waals surface area contributed by atoms with Crippen molar-refractivity contribution in [2.45, 2.75) is 26.3 Å². The van der Waals surface area contributed by atoms with Gasteiger partial charge in [0.25, 0.3) is 5.91 Å². The van der Waals surface area contributed by atoms with Crippen molar-refractivity contribution in [2.75, 3.05) is 19.7 Å². The molecular formula is C23H25ClN4O2. The quantitative estimate of drug-likeness (QED) is 0.594. The molecule has 0 radical (unpaired) electrons. The number of aryl methyl sites for hydroxylation is 1. The molecule has 1 aliphatic heterocycles. The van der Waals surface area contributed by atoms with E-state index < -0.39 is 0 Å². The summed E-state index contributed by atoms with van der Waals surface area (Å²) in [4.78, 5) is 14.8. The summed E-state index contributed by atoms with van der Waals surface area (Å²) in [7, 11) is 0. The summed E-state index contributed by atoms with van der Waals surface area (Å²) >= 11 is 6.22. The van der Waals surface area contributed by atoms with Gasteiger partial charge in [-0.15, -0.1) is 5.10 Å². The van der Waals surface area contributed by atoms with Crippen molar-refractivity contribution in [3.05, 3.63) is 76.6 Å². The van der Waals surface area contributed by atoms with Crippen molar-refractivity contribution >= 4 is 17.5 Å². The average Bonchev–Trinajstić information content (AvgIpc) is 3.23. The van der Waals surface area contributed by atoms with Gasteiger partial charge in [0.1, 0.15) is 5.75 Å². The molecule has 1 atom stereocenters. The van der Waals surface area contributed by atoms with E-state index >= 15 is 0 Å². The van der Waals surface area contributed by atoms with Crippen LogP contribution in [0.25, 0.3) is 0 Å². The normalized spacial score (nSPS) is 16.5. The molecule has 0 spiro atoms. The molecule has 1 aliphatic rings. The molecule has 0 aliphatic carbocycles. The Morgan fingerprint density at radius 1 is 1.20 bits per heavy atom. The molecule has 0 N–H and O–H groups in total. The number of hydrogen-bond acceptors (Lipinski definition) is 4. The van der Waals surface area contributed by atoms with E-state index in [-0.39, 0.29) is 5.91 Å². The van der Waals surface area contributed by atoms with Crippen LogP contribution in [0.1, 0.15) is 34.5 Å². The second kappa shape index (κ2) is 9.30. The Balaban J connectivity index is 1.36. The van der Waals surface area contributed by atoms with E-state index in [2.05, 4.69) is 10.3 Å². The summed E-state index contributed by atoms with van der Waals surface area (Å²) in [6.45, 7) is 4.53. The van der Waals surface area contributed by atoms with Gasteiger partial charge in [0.05, 0.1) is 19.3 Å². The van der Waals surface area contributed by atoms with Gasteiger partial charge in [0, 0.05) is 24.0 Å².